The van der Waals surface area contributed by atoms with E-state index in [9.17, 15) is 0 Å². The molecule has 35 valence electrons. The Bertz CT molecular complexity index is 15.5. The van der Waals surface area contributed by atoms with Gasteiger partial charge in [-0.3, -0.25) is 0 Å². The summed E-state index contributed by atoms with van der Waals surface area (Å²) in [7, 11) is 0. The fraction of sp³-hybridized carbons (Fsp3) is 0.667. The number of rotatable bonds is 0. The smallest absolute Gasteiger partial charge is 0.0551 e. The van der Waals surface area contributed by atoms with Crippen molar-refractivity contribution in [2.75, 3.05) is 0 Å². The highest BCUT2D eigenvalue weighted by atomic mass is 14.0. The molecule has 0 saturated heterocycles. The molecule has 0 atom stereocenters. The van der Waals surface area contributed by atoms with Gasteiger partial charge in [-0.05, 0) is 0 Å². The Kier molecular flexibility index (Phi) is 1.54. The van der Waals surface area contributed by atoms with Gasteiger partial charge in [-0.25, -0.2) is 0 Å². The zero-order valence-electron chi connectivity index (χ0n) is 3.98. The minimum Gasteiger partial charge on any atom is -0.328 e. The summed E-state index contributed by atoms with van der Waals surface area (Å²) in [4.78, 5) is 0. The van der Waals surface area contributed by atoms with E-state index in [0.29, 0.717) is 0 Å². The molecule has 1 aliphatic carbocycles. The zero-order chi connectivity index (χ0) is 4.24. The highest BCUT2D eigenvalue weighted by molar-refractivity contribution is 4.81. The van der Waals surface area contributed by atoms with Gasteiger partial charge in [0.15, 0.2) is 0 Å². The highest BCUT2D eigenvalue weighted by Gasteiger charge is 1.86. The first kappa shape index (κ1) is 4.17. The van der Waals surface area contributed by atoms with Crippen LogP contribution in [0, 0.1) is 12.8 Å². The van der Waals surface area contributed by atoms with Crippen LogP contribution in [-0.2, 0) is 0 Å². The maximum Gasteiger partial charge on any atom is -0.0551 e. The molecule has 0 unspecified atom stereocenters. The Hall–Kier alpha value is 0. The van der Waals surface area contributed by atoms with Gasteiger partial charge < -0.3 is 6.42 Å². The molecule has 1 radical (unpaired) electrons. The van der Waals surface area contributed by atoms with Gasteiger partial charge in [-0.1, -0.05) is 19.3 Å². The van der Waals surface area contributed by atoms with Crippen LogP contribution in [-0.4, -0.2) is 0 Å². The van der Waals surface area contributed by atoms with Gasteiger partial charge >= 0.3 is 0 Å². The van der Waals surface area contributed by atoms with E-state index in [1.165, 1.54) is 25.7 Å². The fourth-order valence-corrected chi connectivity index (χ4v) is 0.760. The maximum atomic E-state index is 2.34. The second kappa shape index (κ2) is 2.22. The van der Waals surface area contributed by atoms with Gasteiger partial charge in [0.2, 0.25) is 0 Å². The minimum absolute atomic E-state index is 1.25. The Balaban J connectivity index is 2.00. The quantitative estimate of drug-likeness (QED) is 0.392. The van der Waals surface area contributed by atoms with E-state index in [-0.39, 0.29) is 0 Å². The van der Waals surface area contributed by atoms with Crippen LogP contribution in [0.3, 0.4) is 0 Å². The lowest BCUT2D eigenvalue weighted by atomic mass is 10.0. The van der Waals surface area contributed by atoms with Crippen molar-refractivity contribution in [1.82, 2.24) is 0 Å². The molecule has 1 aliphatic rings. The van der Waals surface area contributed by atoms with Crippen molar-refractivity contribution in [3.05, 3.63) is 12.8 Å². The van der Waals surface area contributed by atoms with E-state index in [2.05, 4.69) is 12.8 Å². The molecule has 1 rings (SSSR count). The second-order valence-corrected chi connectivity index (χ2v) is 1.74. The SMILES string of the molecule is [CH]1C[CH-]CCC1. The van der Waals surface area contributed by atoms with Crippen molar-refractivity contribution in [2.24, 2.45) is 0 Å². The first-order valence-electron chi connectivity index (χ1n) is 2.63. The van der Waals surface area contributed by atoms with Crippen LogP contribution < -0.4 is 0 Å². The van der Waals surface area contributed by atoms with E-state index in [0.717, 1.165) is 0 Å². The lowest BCUT2D eigenvalue weighted by Crippen LogP contribution is -1.88. The van der Waals surface area contributed by atoms with Crippen LogP contribution >= 0.6 is 0 Å². The van der Waals surface area contributed by atoms with Gasteiger partial charge in [0.25, 0.3) is 0 Å². The summed E-state index contributed by atoms with van der Waals surface area (Å²) in [5.41, 5.74) is 0. The fourth-order valence-electron chi connectivity index (χ4n) is 0.760. The van der Waals surface area contributed by atoms with Crippen molar-refractivity contribution >= 4 is 0 Å². The third-order valence-electron chi connectivity index (χ3n) is 1.15. The van der Waals surface area contributed by atoms with Crippen molar-refractivity contribution in [3.8, 4) is 0 Å². The molecule has 1 fully saturated rings. The molecule has 0 amide bonds. The standard InChI is InChI=1S/C6H10/c1-2-4-6-5-3-1/h1,4H,2-3,5-6H2/q-1. The second-order valence-electron chi connectivity index (χ2n) is 1.74. The average Bonchev–Trinajstić information content (AvgIpc) is 1.72. The highest BCUT2D eigenvalue weighted by Crippen LogP contribution is 2.13. The summed E-state index contributed by atoms with van der Waals surface area (Å²) in [6.45, 7) is 0. The molecule has 0 N–H and O–H groups in total. The van der Waals surface area contributed by atoms with Gasteiger partial charge in [0.1, 0.15) is 0 Å². The Morgan fingerprint density at radius 1 is 1.50 bits per heavy atom. The molecule has 6 heavy (non-hydrogen) atoms. The van der Waals surface area contributed by atoms with Crippen LogP contribution in [0.1, 0.15) is 25.7 Å². The molecule has 0 aliphatic heterocycles. The van der Waals surface area contributed by atoms with Crippen LogP contribution in [0.2, 0.25) is 0 Å². The lowest BCUT2D eigenvalue weighted by molar-refractivity contribution is 0.699. The van der Waals surface area contributed by atoms with Crippen LogP contribution in [0.5, 0.6) is 0 Å². The molecule has 0 nitrogen and oxygen atoms in total. The Morgan fingerprint density at radius 3 is 2.67 bits per heavy atom. The Labute approximate surface area is 39.6 Å². The minimum atomic E-state index is 1.25. The summed E-state index contributed by atoms with van der Waals surface area (Å²) >= 11 is 0. The zero-order valence-corrected chi connectivity index (χ0v) is 3.98. The average molecular weight is 82.1 g/mol. The summed E-state index contributed by atoms with van der Waals surface area (Å²) in [6.07, 6.45) is 10.0. The summed E-state index contributed by atoms with van der Waals surface area (Å²) in [6, 6.07) is 0. The molecule has 0 heterocycles. The lowest BCUT2D eigenvalue weighted by Gasteiger charge is -2.16. The van der Waals surface area contributed by atoms with Gasteiger partial charge in [-0.15, -0.1) is 0 Å². The first-order valence-corrected chi connectivity index (χ1v) is 2.63. The molecule has 0 aromatic heterocycles. The molecule has 0 bridgehead atoms. The summed E-state index contributed by atoms with van der Waals surface area (Å²) in [5, 5.41) is 0. The first-order chi connectivity index (χ1) is 3.00. The third kappa shape index (κ3) is 1.00. The van der Waals surface area contributed by atoms with E-state index in [1.54, 1.807) is 0 Å². The van der Waals surface area contributed by atoms with Gasteiger partial charge in [0.05, 0.1) is 0 Å². The van der Waals surface area contributed by atoms with E-state index >= 15 is 0 Å². The van der Waals surface area contributed by atoms with E-state index in [1.807, 2.05) is 0 Å². The largest absolute Gasteiger partial charge is 0.328 e. The van der Waals surface area contributed by atoms with Gasteiger partial charge in [0, 0.05) is 0 Å². The van der Waals surface area contributed by atoms with E-state index in [4.69, 9.17) is 0 Å². The van der Waals surface area contributed by atoms with Crippen LogP contribution in [0.15, 0.2) is 0 Å². The normalized spacial score (nSPS) is 24.0. The van der Waals surface area contributed by atoms with Crippen molar-refractivity contribution in [3.63, 3.8) is 0 Å². The van der Waals surface area contributed by atoms with Crippen molar-refractivity contribution in [1.29, 1.82) is 0 Å². The van der Waals surface area contributed by atoms with E-state index < -0.39 is 0 Å². The number of hydrogen-bond donors (Lipinski definition) is 0. The molecule has 0 heteroatoms. The Morgan fingerprint density at radius 2 is 2.50 bits per heavy atom. The molecular weight excluding hydrogens is 72.1 g/mol. The van der Waals surface area contributed by atoms with Crippen molar-refractivity contribution < 1.29 is 0 Å². The molecule has 0 spiro atoms. The van der Waals surface area contributed by atoms with Crippen LogP contribution in [0.4, 0.5) is 0 Å². The molecule has 0 aromatic carbocycles. The van der Waals surface area contributed by atoms with Crippen molar-refractivity contribution in [2.45, 2.75) is 25.7 Å². The molecular formula is C6H10-. The summed E-state index contributed by atoms with van der Waals surface area (Å²) < 4.78 is 0. The topological polar surface area (TPSA) is 0 Å². The predicted molar refractivity (Wildman–Crippen MR) is 27.1 cm³/mol. The third-order valence-corrected chi connectivity index (χ3v) is 1.15. The summed E-state index contributed by atoms with van der Waals surface area (Å²) in [5.74, 6) is 0. The van der Waals surface area contributed by atoms with Crippen LogP contribution in [0.25, 0.3) is 0 Å². The molecule has 1 saturated carbocycles. The predicted octanol–water partition coefficient (Wildman–Crippen LogP) is 1.97. The maximum absolute atomic E-state index is 2.34. The monoisotopic (exact) mass is 82.1 g/mol. The molecule has 0 aromatic rings. The number of hydrogen-bond acceptors (Lipinski definition) is 0. The van der Waals surface area contributed by atoms with Gasteiger partial charge in [-0.2, -0.15) is 12.8 Å².